The highest BCUT2D eigenvalue weighted by molar-refractivity contribution is 6.21. The number of furan rings is 1. The fourth-order valence-electron chi connectivity index (χ4n) is 10.2. The highest BCUT2D eigenvalue weighted by Crippen LogP contribution is 2.54. The van der Waals surface area contributed by atoms with Crippen LogP contribution in [0.25, 0.3) is 110 Å². The van der Waals surface area contributed by atoms with E-state index in [9.17, 15) is 0 Å². The maximum atomic E-state index is 6.12. The largest absolute Gasteiger partial charge is 0.456 e. The van der Waals surface area contributed by atoms with E-state index in [1.807, 2.05) is 12.1 Å². The van der Waals surface area contributed by atoms with Gasteiger partial charge in [-0.25, -0.2) is 0 Å². The first-order chi connectivity index (χ1) is 28.5. The number of benzene rings is 10. The summed E-state index contributed by atoms with van der Waals surface area (Å²) in [6.45, 7) is 4.77. The van der Waals surface area contributed by atoms with Gasteiger partial charge in [0, 0.05) is 16.2 Å². The van der Waals surface area contributed by atoms with Crippen LogP contribution in [0.15, 0.2) is 199 Å². The molecule has 272 valence electrons. The molecule has 1 heteroatoms. The first-order valence-corrected chi connectivity index (χ1v) is 20.3. The van der Waals surface area contributed by atoms with Crippen molar-refractivity contribution in [1.29, 1.82) is 0 Å². The first-order valence-electron chi connectivity index (χ1n) is 20.3. The maximum absolute atomic E-state index is 6.12. The molecular weight excluding hydrogens is 701 g/mol. The standard InChI is InChI=1S/C57H38O/c1-57(2)50-20-11-19-41(55(50)48-32-30-36-12-3-4-13-42(36)56(48)57)37-24-28-39(29-25-37)54-46-17-7-5-15-44(46)53(45-16-6-8-18-47(45)54)38-26-22-35(23-27-38)40-31-33-52-49(34-40)43-14-9-10-21-51(43)58-52/h3-34H,1-2H3. The second-order valence-corrected chi connectivity index (χ2v) is 16.4. The molecular formula is C57H38O. The molecule has 1 heterocycles. The second-order valence-electron chi connectivity index (χ2n) is 16.4. The van der Waals surface area contributed by atoms with Crippen molar-refractivity contribution in [3.8, 4) is 55.6 Å². The highest BCUT2D eigenvalue weighted by Gasteiger charge is 2.38. The van der Waals surface area contributed by atoms with Crippen molar-refractivity contribution in [3.05, 3.63) is 205 Å². The monoisotopic (exact) mass is 738 g/mol. The van der Waals surface area contributed by atoms with E-state index in [0.717, 1.165) is 21.9 Å². The van der Waals surface area contributed by atoms with E-state index in [1.54, 1.807) is 0 Å². The van der Waals surface area contributed by atoms with E-state index >= 15 is 0 Å². The summed E-state index contributed by atoms with van der Waals surface area (Å²) in [5, 5.41) is 9.97. The fourth-order valence-corrected chi connectivity index (χ4v) is 10.2. The zero-order valence-electron chi connectivity index (χ0n) is 32.4. The van der Waals surface area contributed by atoms with E-state index in [2.05, 4.69) is 196 Å². The van der Waals surface area contributed by atoms with Crippen LogP contribution in [0.4, 0.5) is 0 Å². The van der Waals surface area contributed by atoms with Crippen LogP contribution >= 0.6 is 0 Å². The second kappa shape index (κ2) is 12.4. The Labute approximate surface area is 337 Å². The molecule has 0 radical (unpaired) electrons. The SMILES string of the molecule is CC1(C)c2cccc(-c3ccc(-c4c5ccccc5c(-c5ccc(-c6ccc7oc8ccccc8c7c6)cc5)c5ccccc45)cc3)c2-c2ccc3ccccc3c21. The summed E-state index contributed by atoms with van der Waals surface area (Å²) in [7, 11) is 0. The van der Waals surface area contributed by atoms with Crippen molar-refractivity contribution in [2.24, 2.45) is 0 Å². The van der Waals surface area contributed by atoms with E-state index in [-0.39, 0.29) is 5.41 Å². The molecule has 0 N–H and O–H groups in total. The minimum Gasteiger partial charge on any atom is -0.456 e. The summed E-state index contributed by atoms with van der Waals surface area (Å²) in [5.74, 6) is 0. The third kappa shape index (κ3) is 4.77. The summed E-state index contributed by atoms with van der Waals surface area (Å²) < 4.78 is 6.12. The van der Waals surface area contributed by atoms with Gasteiger partial charge in [-0.1, -0.05) is 190 Å². The molecule has 1 nitrogen and oxygen atoms in total. The van der Waals surface area contributed by atoms with Gasteiger partial charge < -0.3 is 4.42 Å². The van der Waals surface area contributed by atoms with Crippen molar-refractivity contribution in [2.75, 3.05) is 0 Å². The maximum Gasteiger partial charge on any atom is 0.135 e. The van der Waals surface area contributed by atoms with Crippen LogP contribution < -0.4 is 0 Å². The third-order valence-electron chi connectivity index (χ3n) is 12.9. The molecule has 0 fully saturated rings. The topological polar surface area (TPSA) is 13.1 Å². The molecule has 1 aliphatic carbocycles. The summed E-state index contributed by atoms with van der Waals surface area (Å²) in [5.41, 5.74) is 17.2. The van der Waals surface area contributed by atoms with Gasteiger partial charge in [-0.2, -0.15) is 0 Å². The van der Waals surface area contributed by atoms with Crippen LogP contribution in [0, 0.1) is 0 Å². The van der Waals surface area contributed by atoms with Crippen molar-refractivity contribution in [3.63, 3.8) is 0 Å². The lowest BCUT2D eigenvalue weighted by molar-refractivity contribution is 0.666. The molecule has 1 aliphatic rings. The molecule has 58 heavy (non-hydrogen) atoms. The average molecular weight is 739 g/mol. The molecule has 10 aromatic carbocycles. The Kier molecular flexibility index (Phi) is 7.04. The zero-order valence-corrected chi connectivity index (χ0v) is 32.4. The summed E-state index contributed by atoms with van der Waals surface area (Å²) in [6, 6.07) is 71.4. The van der Waals surface area contributed by atoms with Crippen LogP contribution in [0.3, 0.4) is 0 Å². The normalized spacial score (nSPS) is 13.1. The molecule has 12 rings (SSSR count). The van der Waals surface area contributed by atoms with Gasteiger partial charge in [0.25, 0.3) is 0 Å². The Bertz CT molecular complexity index is 3390. The predicted molar refractivity (Wildman–Crippen MR) is 246 cm³/mol. The van der Waals surface area contributed by atoms with Crippen LogP contribution in [0.5, 0.6) is 0 Å². The minimum atomic E-state index is -0.0920. The lowest BCUT2D eigenvalue weighted by Crippen LogP contribution is -2.15. The van der Waals surface area contributed by atoms with Crippen molar-refractivity contribution in [2.45, 2.75) is 19.3 Å². The molecule has 0 spiro atoms. The van der Waals surface area contributed by atoms with Gasteiger partial charge in [0.05, 0.1) is 0 Å². The molecule has 1 aromatic heterocycles. The van der Waals surface area contributed by atoms with Crippen LogP contribution in [0.2, 0.25) is 0 Å². The summed E-state index contributed by atoms with van der Waals surface area (Å²) >= 11 is 0. The number of rotatable bonds is 4. The Morgan fingerprint density at radius 1 is 0.328 bits per heavy atom. The molecule has 0 saturated heterocycles. The lowest BCUT2D eigenvalue weighted by Gasteiger charge is -2.23. The fraction of sp³-hybridized carbons (Fsp3) is 0.0526. The Morgan fingerprint density at radius 3 is 1.50 bits per heavy atom. The zero-order chi connectivity index (χ0) is 38.5. The molecule has 0 unspecified atom stereocenters. The number of hydrogen-bond acceptors (Lipinski definition) is 1. The Morgan fingerprint density at radius 2 is 0.845 bits per heavy atom. The minimum absolute atomic E-state index is 0.0920. The van der Waals surface area contributed by atoms with Crippen molar-refractivity contribution in [1.82, 2.24) is 0 Å². The Balaban J connectivity index is 0.965. The molecule has 0 saturated carbocycles. The average Bonchev–Trinajstić information content (AvgIpc) is 3.77. The van der Waals surface area contributed by atoms with Gasteiger partial charge in [0.2, 0.25) is 0 Å². The quantitative estimate of drug-likeness (QED) is 0.164. The van der Waals surface area contributed by atoms with Crippen LogP contribution in [-0.4, -0.2) is 0 Å². The van der Waals surface area contributed by atoms with Gasteiger partial charge in [-0.05, 0) is 117 Å². The van der Waals surface area contributed by atoms with Crippen molar-refractivity contribution >= 4 is 54.3 Å². The predicted octanol–water partition coefficient (Wildman–Crippen LogP) is 16.0. The van der Waals surface area contributed by atoms with E-state index in [0.29, 0.717) is 0 Å². The van der Waals surface area contributed by atoms with Crippen LogP contribution in [0.1, 0.15) is 25.0 Å². The lowest BCUT2D eigenvalue weighted by atomic mass is 9.80. The molecule has 0 bridgehead atoms. The van der Waals surface area contributed by atoms with Gasteiger partial charge in [-0.3, -0.25) is 0 Å². The number of fused-ring (bicyclic) bond motifs is 10. The molecule has 0 aliphatic heterocycles. The third-order valence-corrected chi connectivity index (χ3v) is 12.9. The summed E-state index contributed by atoms with van der Waals surface area (Å²) in [4.78, 5) is 0. The number of para-hydroxylation sites is 1. The van der Waals surface area contributed by atoms with Gasteiger partial charge in [0.15, 0.2) is 0 Å². The molecule has 0 amide bonds. The van der Waals surface area contributed by atoms with Crippen LogP contribution in [-0.2, 0) is 5.41 Å². The smallest absolute Gasteiger partial charge is 0.135 e. The van der Waals surface area contributed by atoms with E-state index < -0.39 is 0 Å². The summed E-state index contributed by atoms with van der Waals surface area (Å²) in [6.07, 6.45) is 0. The Hall–Kier alpha value is -7.22. The van der Waals surface area contributed by atoms with Gasteiger partial charge in [0.1, 0.15) is 11.2 Å². The molecule has 0 atom stereocenters. The van der Waals surface area contributed by atoms with E-state index in [4.69, 9.17) is 4.42 Å². The van der Waals surface area contributed by atoms with Crippen molar-refractivity contribution < 1.29 is 4.42 Å². The number of hydrogen-bond donors (Lipinski definition) is 0. The first kappa shape index (κ1) is 33.0. The highest BCUT2D eigenvalue weighted by atomic mass is 16.3. The van der Waals surface area contributed by atoms with E-state index in [1.165, 1.54) is 99.1 Å². The van der Waals surface area contributed by atoms with Gasteiger partial charge in [-0.15, -0.1) is 0 Å². The molecule has 11 aromatic rings. The van der Waals surface area contributed by atoms with Gasteiger partial charge >= 0.3 is 0 Å².